The first-order valence-corrected chi connectivity index (χ1v) is 6.22. The molecule has 0 radical (unpaired) electrons. The summed E-state index contributed by atoms with van der Waals surface area (Å²) in [7, 11) is 0. The number of aromatic nitrogens is 1. The molecule has 0 aromatic carbocycles. The highest BCUT2D eigenvalue weighted by Gasteiger charge is 2.19. The highest BCUT2D eigenvalue weighted by Crippen LogP contribution is 2.15. The van der Waals surface area contributed by atoms with E-state index >= 15 is 0 Å². The third-order valence-electron chi connectivity index (χ3n) is 3.32. The van der Waals surface area contributed by atoms with Crippen LogP contribution in [0.5, 0.6) is 0 Å². The van der Waals surface area contributed by atoms with Crippen LogP contribution in [0.3, 0.4) is 0 Å². The van der Waals surface area contributed by atoms with Crippen LogP contribution in [0.1, 0.15) is 31.9 Å². The molecule has 90 valence electrons. The smallest absolute Gasteiger partial charge is 0.180 e. The van der Waals surface area contributed by atoms with Crippen molar-refractivity contribution in [2.24, 2.45) is 0 Å². The van der Waals surface area contributed by atoms with E-state index in [1.54, 1.807) is 6.26 Å². The average Bonchev–Trinajstić information content (AvgIpc) is 2.67. The second kappa shape index (κ2) is 6.01. The molecule has 4 nitrogen and oxygen atoms in total. The summed E-state index contributed by atoms with van der Waals surface area (Å²) in [6, 6.07) is 0.691. The minimum absolute atomic E-state index is 0.691. The van der Waals surface area contributed by atoms with Gasteiger partial charge in [-0.2, -0.15) is 0 Å². The van der Waals surface area contributed by atoms with Gasteiger partial charge in [-0.3, -0.25) is 4.90 Å². The first kappa shape index (κ1) is 11.6. The van der Waals surface area contributed by atoms with Crippen LogP contribution < -0.4 is 5.32 Å². The van der Waals surface area contributed by atoms with Gasteiger partial charge in [-0.15, -0.1) is 0 Å². The van der Waals surface area contributed by atoms with E-state index in [9.17, 15) is 0 Å². The predicted molar refractivity (Wildman–Crippen MR) is 63.1 cm³/mol. The van der Waals surface area contributed by atoms with Crippen molar-refractivity contribution in [3.63, 3.8) is 0 Å². The average molecular weight is 223 g/mol. The molecule has 1 unspecified atom stereocenters. The molecule has 1 aromatic heterocycles. The molecule has 2 rings (SSSR count). The van der Waals surface area contributed by atoms with Crippen molar-refractivity contribution in [1.82, 2.24) is 15.2 Å². The van der Waals surface area contributed by atoms with Gasteiger partial charge in [-0.25, -0.2) is 4.98 Å². The molecular weight excluding hydrogens is 202 g/mol. The van der Waals surface area contributed by atoms with Crippen LogP contribution in [0.4, 0.5) is 0 Å². The lowest BCUT2D eigenvalue weighted by Crippen LogP contribution is -2.35. The van der Waals surface area contributed by atoms with E-state index in [1.807, 2.05) is 0 Å². The first-order valence-electron chi connectivity index (χ1n) is 6.22. The van der Waals surface area contributed by atoms with Crippen molar-refractivity contribution in [3.05, 3.63) is 18.4 Å². The van der Waals surface area contributed by atoms with Crippen molar-refractivity contribution < 1.29 is 4.42 Å². The predicted octanol–water partition coefficient (Wildman–Crippen LogP) is 1.64. The molecule has 2 heterocycles. The van der Waals surface area contributed by atoms with Crippen molar-refractivity contribution in [1.29, 1.82) is 0 Å². The molecule has 0 bridgehead atoms. The summed E-state index contributed by atoms with van der Waals surface area (Å²) >= 11 is 0. The molecule has 0 saturated carbocycles. The fraction of sp³-hybridized carbons (Fsp3) is 0.750. The normalized spacial score (nSPS) is 22.2. The summed E-state index contributed by atoms with van der Waals surface area (Å²) in [5.41, 5.74) is 1.04. The van der Waals surface area contributed by atoms with Crippen LogP contribution in [0.25, 0.3) is 0 Å². The van der Waals surface area contributed by atoms with Gasteiger partial charge in [-0.05, 0) is 38.9 Å². The van der Waals surface area contributed by atoms with Gasteiger partial charge < -0.3 is 9.73 Å². The standard InChI is InChI=1S/C12H21N3O/c1-2-15(8-11-9-16-10-14-11)12-4-3-6-13-7-5-12/h9-10,12-13H,2-8H2,1H3. The lowest BCUT2D eigenvalue weighted by atomic mass is 10.1. The first-order chi connectivity index (χ1) is 7.90. The number of rotatable bonds is 4. The molecule has 1 aromatic rings. The van der Waals surface area contributed by atoms with Gasteiger partial charge in [-0.1, -0.05) is 6.92 Å². The van der Waals surface area contributed by atoms with E-state index in [4.69, 9.17) is 4.42 Å². The number of hydrogen-bond acceptors (Lipinski definition) is 4. The number of nitrogens with one attached hydrogen (secondary N) is 1. The Morgan fingerprint density at radius 3 is 3.19 bits per heavy atom. The molecule has 1 aliphatic heterocycles. The maximum Gasteiger partial charge on any atom is 0.180 e. The summed E-state index contributed by atoms with van der Waals surface area (Å²) in [6.07, 6.45) is 7.07. The van der Waals surface area contributed by atoms with Crippen molar-refractivity contribution in [2.75, 3.05) is 19.6 Å². The largest absolute Gasteiger partial charge is 0.451 e. The molecule has 1 saturated heterocycles. The molecule has 1 aliphatic rings. The SMILES string of the molecule is CCN(Cc1cocn1)C1CCCNCC1. The second-order valence-electron chi connectivity index (χ2n) is 4.38. The molecule has 0 aliphatic carbocycles. The van der Waals surface area contributed by atoms with Crippen LogP contribution in [-0.4, -0.2) is 35.6 Å². The van der Waals surface area contributed by atoms with Crippen molar-refractivity contribution in [2.45, 2.75) is 38.8 Å². The third kappa shape index (κ3) is 3.06. The maximum atomic E-state index is 5.02. The Kier molecular flexibility index (Phi) is 4.36. The molecule has 1 atom stereocenters. The Hall–Kier alpha value is -0.870. The van der Waals surface area contributed by atoms with Crippen molar-refractivity contribution >= 4 is 0 Å². The summed E-state index contributed by atoms with van der Waals surface area (Å²) in [5, 5.41) is 3.45. The number of nitrogens with zero attached hydrogens (tertiary/aromatic N) is 2. The molecule has 1 fully saturated rings. The van der Waals surface area contributed by atoms with Gasteiger partial charge in [0.15, 0.2) is 6.39 Å². The van der Waals surface area contributed by atoms with Crippen molar-refractivity contribution in [3.8, 4) is 0 Å². The highest BCUT2D eigenvalue weighted by molar-refractivity contribution is 4.92. The van der Waals surface area contributed by atoms with Gasteiger partial charge in [0.1, 0.15) is 6.26 Å². The van der Waals surface area contributed by atoms with E-state index in [2.05, 4.69) is 22.1 Å². The van der Waals surface area contributed by atoms with Crippen LogP contribution in [0, 0.1) is 0 Å². The molecule has 0 spiro atoms. The quantitative estimate of drug-likeness (QED) is 0.842. The van der Waals surface area contributed by atoms with Crippen LogP contribution >= 0.6 is 0 Å². The minimum Gasteiger partial charge on any atom is -0.451 e. The minimum atomic E-state index is 0.691. The Labute approximate surface area is 97.0 Å². The summed E-state index contributed by atoms with van der Waals surface area (Å²) in [6.45, 7) is 6.52. The van der Waals surface area contributed by atoms with E-state index in [0.717, 1.165) is 31.9 Å². The van der Waals surface area contributed by atoms with Crippen LogP contribution in [0.2, 0.25) is 0 Å². The Balaban J connectivity index is 1.92. The zero-order valence-electron chi connectivity index (χ0n) is 9.98. The molecule has 4 heteroatoms. The topological polar surface area (TPSA) is 41.3 Å². The van der Waals surface area contributed by atoms with Gasteiger partial charge in [0, 0.05) is 12.6 Å². The van der Waals surface area contributed by atoms with E-state index < -0.39 is 0 Å². The van der Waals surface area contributed by atoms with Gasteiger partial charge in [0.05, 0.1) is 5.69 Å². The van der Waals surface area contributed by atoms with Crippen LogP contribution in [0.15, 0.2) is 17.1 Å². The van der Waals surface area contributed by atoms with Gasteiger partial charge in [0.25, 0.3) is 0 Å². The highest BCUT2D eigenvalue weighted by atomic mass is 16.3. The monoisotopic (exact) mass is 223 g/mol. The van der Waals surface area contributed by atoms with E-state index in [1.165, 1.54) is 25.7 Å². The maximum absolute atomic E-state index is 5.02. The zero-order valence-corrected chi connectivity index (χ0v) is 9.98. The summed E-state index contributed by atoms with van der Waals surface area (Å²) in [5.74, 6) is 0. The molecule has 0 amide bonds. The second-order valence-corrected chi connectivity index (χ2v) is 4.38. The van der Waals surface area contributed by atoms with Gasteiger partial charge >= 0.3 is 0 Å². The summed E-state index contributed by atoms with van der Waals surface area (Å²) in [4.78, 5) is 6.70. The number of hydrogen-bond donors (Lipinski definition) is 1. The molecule has 16 heavy (non-hydrogen) atoms. The van der Waals surface area contributed by atoms with Crippen LogP contribution in [-0.2, 0) is 6.54 Å². The van der Waals surface area contributed by atoms with Gasteiger partial charge in [0.2, 0.25) is 0 Å². The summed E-state index contributed by atoms with van der Waals surface area (Å²) < 4.78 is 5.02. The fourth-order valence-corrected chi connectivity index (χ4v) is 2.39. The Bertz CT molecular complexity index is 278. The molecular formula is C12H21N3O. The lowest BCUT2D eigenvalue weighted by Gasteiger charge is -2.28. The fourth-order valence-electron chi connectivity index (χ4n) is 2.39. The van der Waals surface area contributed by atoms with E-state index in [-0.39, 0.29) is 0 Å². The molecule has 1 N–H and O–H groups in total. The Morgan fingerprint density at radius 2 is 2.44 bits per heavy atom. The number of oxazole rings is 1. The lowest BCUT2D eigenvalue weighted by molar-refractivity contribution is 0.180. The zero-order chi connectivity index (χ0) is 11.2. The Morgan fingerprint density at radius 1 is 1.50 bits per heavy atom. The van der Waals surface area contributed by atoms with E-state index in [0.29, 0.717) is 6.04 Å². The third-order valence-corrected chi connectivity index (χ3v) is 3.32.